The molecule has 3 aromatic rings. The minimum absolute atomic E-state index is 0.0629. The molecule has 1 aliphatic rings. The van der Waals surface area contributed by atoms with E-state index in [-0.39, 0.29) is 11.8 Å². The van der Waals surface area contributed by atoms with Crippen molar-refractivity contribution < 1.29 is 9.84 Å². The van der Waals surface area contributed by atoms with Crippen LogP contribution in [0.5, 0.6) is 11.5 Å². The van der Waals surface area contributed by atoms with Gasteiger partial charge in [0.15, 0.2) is 11.5 Å². The number of aromatic nitrogens is 1. The van der Waals surface area contributed by atoms with Gasteiger partial charge in [-0.2, -0.15) is 0 Å². The number of phenols is 1. The van der Waals surface area contributed by atoms with Crippen molar-refractivity contribution in [3.8, 4) is 11.5 Å². The summed E-state index contributed by atoms with van der Waals surface area (Å²) in [5.41, 5.74) is 4.76. The Morgan fingerprint density at radius 1 is 1.18 bits per heavy atom. The molecule has 112 valence electrons. The zero-order valence-electron chi connectivity index (χ0n) is 12.4. The summed E-state index contributed by atoms with van der Waals surface area (Å²) in [6, 6.07) is 14.0. The third-order valence-electron chi connectivity index (χ3n) is 4.40. The maximum Gasteiger partial charge on any atom is 0.160 e. The zero-order chi connectivity index (χ0) is 15.1. The highest BCUT2D eigenvalue weighted by molar-refractivity contribution is 5.85. The summed E-state index contributed by atoms with van der Waals surface area (Å²) in [5, 5.41) is 14.9. The number of aromatic amines is 1. The fourth-order valence-electron chi connectivity index (χ4n) is 3.35. The van der Waals surface area contributed by atoms with E-state index in [4.69, 9.17) is 4.74 Å². The molecule has 1 aliphatic heterocycles. The Hall–Kier alpha value is -2.46. The van der Waals surface area contributed by atoms with Gasteiger partial charge in [-0.25, -0.2) is 0 Å². The molecule has 0 bridgehead atoms. The number of hydrogen-bond acceptors (Lipinski definition) is 3. The van der Waals surface area contributed by atoms with Gasteiger partial charge in [-0.1, -0.05) is 24.3 Å². The Kier molecular flexibility index (Phi) is 3.05. The van der Waals surface area contributed by atoms with E-state index in [1.54, 1.807) is 13.2 Å². The molecule has 0 saturated heterocycles. The molecule has 2 aromatic carbocycles. The summed E-state index contributed by atoms with van der Waals surface area (Å²) < 4.78 is 5.13. The molecule has 1 unspecified atom stereocenters. The van der Waals surface area contributed by atoms with Crippen LogP contribution in [-0.4, -0.2) is 23.7 Å². The van der Waals surface area contributed by atoms with E-state index < -0.39 is 0 Å². The number of aromatic hydroxyl groups is 1. The van der Waals surface area contributed by atoms with Crippen LogP contribution in [0.1, 0.15) is 22.9 Å². The number of fused-ring (bicyclic) bond motifs is 3. The number of ether oxygens (including phenoxy) is 1. The first-order chi connectivity index (χ1) is 10.8. The minimum Gasteiger partial charge on any atom is -0.504 e. The first-order valence-corrected chi connectivity index (χ1v) is 7.47. The number of benzene rings is 2. The fraction of sp³-hybridized carbons (Fsp3) is 0.222. The summed E-state index contributed by atoms with van der Waals surface area (Å²) >= 11 is 0. The highest BCUT2D eigenvalue weighted by atomic mass is 16.5. The van der Waals surface area contributed by atoms with E-state index in [0.717, 1.165) is 18.5 Å². The lowest BCUT2D eigenvalue weighted by Gasteiger charge is -2.25. The van der Waals surface area contributed by atoms with Crippen molar-refractivity contribution >= 4 is 10.9 Å². The second-order valence-corrected chi connectivity index (χ2v) is 5.63. The van der Waals surface area contributed by atoms with Crippen LogP contribution in [0.2, 0.25) is 0 Å². The Balaban J connectivity index is 1.84. The van der Waals surface area contributed by atoms with Crippen LogP contribution in [0.4, 0.5) is 0 Å². The third-order valence-corrected chi connectivity index (χ3v) is 4.40. The van der Waals surface area contributed by atoms with Gasteiger partial charge in [0, 0.05) is 23.1 Å². The molecule has 4 heteroatoms. The van der Waals surface area contributed by atoms with Crippen molar-refractivity contribution in [3.05, 3.63) is 59.3 Å². The Morgan fingerprint density at radius 3 is 2.86 bits per heavy atom. The van der Waals surface area contributed by atoms with E-state index in [9.17, 15) is 5.11 Å². The average Bonchev–Trinajstić information content (AvgIpc) is 2.93. The summed E-state index contributed by atoms with van der Waals surface area (Å²) in [5.74, 6) is 0.668. The van der Waals surface area contributed by atoms with Crippen molar-refractivity contribution in [3.63, 3.8) is 0 Å². The normalized spacial score (nSPS) is 17.4. The first-order valence-electron chi connectivity index (χ1n) is 7.47. The second-order valence-electron chi connectivity index (χ2n) is 5.63. The van der Waals surface area contributed by atoms with E-state index in [1.165, 1.54) is 22.2 Å². The van der Waals surface area contributed by atoms with Crippen LogP contribution >= 0.6 is 0 Å². The summed E-state index contributed by atoms with van der Waals surface area (Å²) in [6.45, 7) is 0.923. The number of rotatable bonds is 2. The number of nitrogens with one attached hydrogen (secondary N) is 2. The molecule has 0 radical (unpaired) electrons. The predicted molar refractivity (Wildman–Crippen MR) is 86.5 cm³/mol. The van der Waals surface area contributed by atoms with Gasteiger partial charge < -0.3 is 20.1 Å². The number of phenolic OH excluding ortho intramolecular Hbond substituents is 1. The molecule has 22 heavy (non-hydrogen) atoms. The van der Waals surface area contributed by atoms with Gasteiger partial charge in [0.1, 0.15) is 0 Å². The molecule has 4 nitrogen and oxygen atoms in total. The lowest BCUT2D eigenvalue weighted by molar-refractivity contribution is 0.372. The highest BCUT2D eigenvalue weighted by Crippen LogP contribution is 2.36. The number of hydrogen-bond donors (Lipinski definition) is 3. The van der Waals surface area contributed by atoms with Crippen LogP contribution in [0.3, 0.4) is 0 Å². The van der Waals surface area contributed by atoms with Gasteiger partial charge in [0.2, 0.25) is 0 Å². The monoisotopic (exact) mass is 294 g/mol. The molecule has 3 N–H and O–H groups in total. The summed E-state index contributed by atoms with van der Waals surface area (Å²) in [6.07, 6.45) is 1.01. The Labute approximate surface area is 128 Å². The van der Waals surface area contributed by atoms with Crippen LogP contribution < -0.4 is 10.1 Å². The molecular weight excluding hydrogens is 276 g/mol. The standard InChI is InChI=1S/C18H18N2O2/c1-22-16-7-6-11(10-15(16)21)17-18-13(8-9-19-17)12-4-2-3-5-14(12)20-18/h2-7,10,17,19-21H,8-9H2,1H3. The second kappa shape index (κ2) is 5.07. The molecular formula is C18H18N2O2. The highest BCUT2D eigenvalue weighted by Gasteiger charge is 2.25. The maximum atomic E-state index is 10.0. The smallest absolute Gasteiger partial charge is 0.160 e. The lowest BCUT2D eigenvalue weighted by Crippen LogP contribution is -2.30. The topological polar surface area (TPSA) is 57.3 Å². The number of methoxy groups -OCH3 is 1. The van der Waals surface area contributed by atoms with Gasteiger partial charge in [-0.05, 0) is 35.7 Å². The molecule has 2 heterocycles. The third kappa shape index (κ3) is 1.96. The van der Waals surface area contributed by atoms with Crippen LogP contribution in [0, 0.1) is 0 Å². The van der Waals surface area contributed by atoms with Crippen molar-refractivity contribution in [2.75, 3.05) is 13.7 Å². The number of H-pyrrole nitrogens is 1. The summed E-state index contributed by atoms with van der Waals surface area (Å²) in [7, 11) is 1.56. The first kappa shape index (κ1) is 13.2. The summed E-state index contributed by atoms with van der Waals surface area (Å²) in [4.78, 5) is 3.54. The van der Waals surface area contributed by atoms with Crippen LogP contribution in [-0.2, 0) is 6.42 Å². The fourth-order valence-corrected chi connectivity index (χ4v) is 3.35. The van der Waals surface area contributed by atoms with Gasteiger partial charge in [-0.15, -0.1) is 0 Å². The maximum absolute atomic E-state index is 10.0. The predicted octanol–water partition coefficient (Wildman–Crippen LogP) is 3.12. The quantitative estimate of drug-likeness (QED) is 0.680. The minimum atomic E-state index is 0.0629. The molecule has 1 aromatic heterocycles. The van der Waals surface area contributed by atoms with Gasteiger partial charge >= 0.3 is 0 Å². The Bertz CT molecular complexity index is 838. The SMILES string of the molecule is COc1ccc(C2NCCc3c2[nH]c2ccccc32)cc1O. The molecule has 1 atom stereocenters. The number of para-hydroxylation sites is 1. The van der Waals surface area contributed by atoms with E-state index in [1.807, 2.05) is 18.2 Å². The van der Waals surface area contributed by atoms with Crippen LogP contribution in [0.15, 0.2) is 42.5 Å². The van der Waals surface area contributed by atoms with Gasteiger partial charge in [0.25, 0.3) is 0 Å². The molecule has 0 fully saturated rings. The van der Waals surface area contributed by atoms with Gasteiger partial charge in [-0.3, -0.25) is 0 Å². The molecule has 0 aliphatic carbocycles. The largest absolute Gasteiger partial charge is 0.504 e. The van der Waals surface area contributed by atoms with Gasteiger partial charge in [0.05, 0.1) is 13.2 Å². The molecule has 0 amide bonds. The van der Waals surface area contributed by atoms with Crippen molar-refractivity contribution in [2.45, 2.75) is 12.5 Å². The lowest BCUT2D eigenvalue weighted by atomic mass is 9.94. The van der Waals surface area contributed by atoms with E-state index >= 15 is 0 Å². The molecule has 4 rings (SSSR count). The van der Waals surface area contributed by atoms with Crippen LogP contribution in [0.25, 0.3) is 10.9 Å². The molecule has 0 saturated carbocycles. The Morgan fingerprint density at radius 2 is 2.05 bits per heavy atom. The van der Waals surface area contributed by atoms with Crippen molar-refractivity contribution in [1.82, 2.24) is 10.3 Å². The molecule has 0 spiro atoms. The van der Waals surface area contributed by atoms with E-state index in [0.29, 0.717) is 5.75 Å². The van der Waals surface area contributed by atoms with Crippen molar-refractivity contribution in [2.24, 2.45) is 0 Å². The zero-order valence-corrected chi connectivity index (χ0v) is 12.4. The van der Waals surface area contributed by atoms with Crippen molar-refractivity contribution in [1.29, 1.82) is 0 Å². The average molecular weight is 294 g/mol. The van der Waals surface area contributed by atoms with E-state index in [2.05, 4.69) is 28.5 Å².